The summed E-state index contributed by atoms with van der Waals surface area (Å²) in [5, 5.41) is 13.3. The smallest absolute Gasteiger partial charge is 0.129 e. The van der Waals surface area contributed by atoms with Gasteiger partial charge in [0.2, 0.25) is 0 Å². The van der Waals surface area contributed by atoms with Gasteiger partial charge in [-0.3, -0.25) is 0 Å². The van der Waals surface area contributed by atoms with E-state index in [1.165, 1.54) is 11.6 Å². The van der Waals surface area contributed by atoms with Gasteiger partial charge in [-0.1, -0.05) is 48.5 Å². The second-order valence-electron chi connectivity index (χ2n) is 5.37. The molecule has 21 heavy (non-hydrogen) atoms. The molecule has 2 aromatic carbocycles. The lowest BCUT2D eigenvalue weighted by Gasteiger charge is -2.18. The van der Waals surface area contributed by atoms with Gasteiger partial charge in [-0.05, 0) is 31.4 Å². The molecule has 0 saturated carbocycles. The normalized spacial score (nSPS) is 13.9. The van der Waals surface area contributed by atoms with Gasteiger partial charge in [0.25, 0.3) is 0 Å². The third-order valence-corrected chi connectivity index (χ3v) is 3.63. The van der Waals surface area contributed by atoms with Crippen molar-refractivity contribution >= 4 is 0 Å². The third-order valence-electron chi connectivity index (χ3n) is 3.63. The Labute approximate surface area is 125 Å². The first-order valence-corrected chi connectivity index (χ1v) is 7.36. The van der Waals surface area contributed by atoms with Crippen LogP contribution < -0.4 is 5.32 Å². The van der Waals surface area contributed by atoms with Crippen molar-refractivity contribution in [3.8, 4) is 0 Å². The molecule has 0 aromatic heterocycles. The summed E-state index contributed by atoms with van der Waals surface area (Å²) >= 11 is 0. The Morgan fingerprint density at radius 3 is 2.43 bits per heavy atom. The molecule has 0 radical (unpaired) electrons. The van der Waals surface area contributed by atoms with Gasteiger partial charge in [0.05, 0.1) is 6.10 Å². The predicted octanol–water partition coefficient (Wildman–Crippen LogP) is 3.47. The molecule has 0 saturated heterocycles. The molecule has 0 amide bonds. The van der Waals surface area contributed by atoms with Crippen molar-refractivity contribution in [1.29, 1.82) is 0 Å². The SMILES string of the molecule is C[C@H](CCc1ccccc1)NC[C@H](O)c1ccccc1F. The Morgan fingerprint density at radius 1 is 1.05 bits per heavy atom. The summed E-state index contributed by atoms with van der Waals surface area (Å²) in [4.78, 5) is 0. The molecule has 0 aliphatic carbocycles. The number of hydrogen-bond acceptors (Lipinski definition) is 2. The van der Waals surface area contributed by atoms with Crippen molar-refractivity contribution in [2.45, 2.75) is 31.9 Å². The minimum Gasteiger partial charge on any atom is -0.387 e. The highest BCUT2D eigenvalue weighted by molar-refractivity contribution is 5.20. The summed E-state index contributed by atoms with van der Waals surface area (Å²) in [6.45, 7) is 2.44. The first kappa shape index (κ1) is 15.7. The maximum atomic E-state index is 13.5. The average Bonchev–Trinajstić information content (AvgIpc) is 2.52. The van der Waals surface area contributed by atoms with Gasteiger partial charge in [0, 0.05) is 18.2 Å². The number of aryl methyl sites for hydroxylation is 1. The fourth-order valence-electron chi connectivity index (χ4n) is 2.30. The van der Waals surface area contributed by atoms with E-state index in [-0.39, 0.29) is 11.9 Å². The predicted molar refractivity (Wildman–Crippen MR) is 83.6 cm³/mol. The highest BCUT2D eigenvalue weighted by Gasteiger charge is 2.13. The largest absolute Gasteiger partial charge is 0.387 e. The maximum absolute atomic E-state index is 13.5. The lowest BCUT2D eigenvalue weighted by molar-refractivity contribution is 0.165. The van der Waals surface area contributed by atoms with E-state index in [9.17, 15) is 9.50 Å². The number of benzene rings is 2. The van der Waals surface area contributed by atoms with Crippen molar-refractivity contribution in [2.24, 2.45) is 0 Å². The van der Waals surface area contributed by atoms with Gasteiger partial charge in [-0.2, -0.15) is 0 Å². The van der Waals surface area contributed by atoms with E-state index < -0.39 is 6.10 Å². The van der Waals surface area contributed by atoms with Crippen LogP contribution in [0.25, 0.3) is 0 Å². The van der Waals surface area contributed by atoms with Crippen molar-refractivity contribution in [2.75, 3.05) is 6.54 Å². The molecule has 0 bridgehead atoms. The van der Waals surface area contributed by atoms with Crippen LogP contribution in [0.1, 0.15) is 30.6 Å². The standard InChI is InChI=1S/C18H22FNO/c1-14(11-12-15-7-3-2-4-8-15)20-13-18(21)16-9-5-6-10-17(16)19/h2-10,14,18,20-21H,11-13H2,1H3/t14-,18+/m1/s1. The second kappa shape index (κ2) is 7.91. The van der Waals surface area contributed by atoms with E-state index in [0.29, 0.717) is 12.1 Å². The molecule has 0 fully saturated rings. The van der Waals surface area contributed by atoms with E-state index in [4.69, 9.17) is 0 Å². The average molecular weight is 287 g/mol. The number of rotatable bonds is 7. The van der Waals surface area contributed by atoms with Crippen LogP contribution >= 0.6 is 0 Å². The summed E-state index contributed by atoms with van der Waals surface area (Å²) in [6.07, 6.45) is 1.16. The van der Waals surface area contributed by atoms with Crippen LogP contribution in [0.15, 0.2) is 54.6 Å². The monoisotopic (exact) mass is 287 g/mol. The lowest BCUT2D eigenvalue weighted by atomic mass is 10.1. The quantitative estimate of drug-likeness (QED) is 0.817. The van der Waals surface area contributed by atoms with Gasteiger partial charge < -0.3 is 10.4 Å². The Kier molecular flexibility index (Phi) is 5.90. The number of hydrogen-bond donors (Lipinski definition) is 2. The fraction of sp³-hybridized carbons (Fsp3) is 0.333. The highest BCUT2D eigenvalue weighted by atomic mass is 19.1. The Hall–Kier alpha value is -1.71. The minimum absolute atomic E-state index is 0.270. The van der Waals surface area contributed by atoms with Gasteiger partial charge in [0.1, 0.15) is 5.82 Å². The molecule has 0 aliphatic heterocycles. The van der Waals surface area contributed by atoms with E-state index >= 15 is 0 Å². The Bertz CT molecular complexity index is 544. The van der Waals surface area contributed by atoms with Crippen LogP contribution in [0.2, 0.25) is 0 Å². The summed E-state index contributed by atoms with van der Waals surface area (Å²) < 4.78 is 13.5. The topological polar surface area (TPSA) is 32.3 Å². The van der Waals surface area contributed by atoms with Crippen LogP contribution in [0, 0.1) is 5.82 Å². The minimum atomic E-state index is -0.814. The molecule has 2 nitrogen and oxygen atoms in total. The van der Waals surface area contributed by atoms with Gasteiger partial charge in [-0.25, -0.2) is 4.39 Å². The lowest BCUT2D eigenvalue weighted by Crippen LogP contribution is -2.31. The molecule has 112 valence electrons. The number of aliphatic hydroxyl groups is 1. The van der Waals surface area contributed by atoms with Crippen LogP contribution in [0.4, 0.5) is 4.39 Å². The van der Waals surface area contributed by atoms with E-state index in [1.807, 2.05) is 18.2 Å². The van der Waals surface area contributed by atoms with E-state index in [2.05, 4.69) is 24.4 Å². The summed E-state index contributed by atoms with van der Waals surface area (Å²) in [6, 6.07) is 16.9. The van der Waals surface area contributed by atoms with Gasteiger partial charge >= 0.3 is 0 Å². The molecule has 0 heterocycles. The van der Waals surface area contributed by atoms with Crippen molar-refractivity contribution in [3.63, 3.8) is 0 Å². The molecule has 2 atom stereocenters. The summed E-state index contributed by atoms with van der Waals surface area (Å²) in [5.41, 5.74) is 1.65. The zero-order chi connectivity index (χ0) is 15.1. The second-order valence-corrected chi connectivity index (χ2v) is 5.37. The molecular weight excluding hydrogens is 265 g/mol. The zero-order valence-corrected chi connectivity index (χ0v) is 12.3. The molecule has 0 spiro atoms. The first-order valence-electron chi connectivity index (χ1n) is 7.36. The number of aliphatic hydroxyl groups excluding tert-OH is 1. The Morgan fingerprint density at radius 2 is 1.71 bits per heavy atom. The highest BCUT2D eigenvalue weighted by Crippen LogP contribution is 2.16. The van der Waals surface area contributed by atoms with Crippen LogP contribution in [0.3, 0.4) is 0 Å². The summed E-state index contributed by atoms with van der Waals surface area (Å²) in [5.74, 6) is -0.358. The molecule has 2 N–H and O–H groups in total. The van der Waals surface area contributed by atoms with Crippen LogP contribution in [0.5, 0.6) is 0 Å². The fourth-order valence-corrected chi connectivity index (χ4v) is 2.30. The molecule has 2 aromatic rings. The van der Waals surface area contributed by atoms with Gasteiger partial charge in [-0.15, -0.1) is 0 Å². The Balaban J connectivity index is 1.76. The molecule has 0 aliphatic rings. The molecule has 0 unspecified atom stereocenters. The van der Waals surface area contributed by atoms with E-state index in [1.54, 1.807) is 18.2 Å². The van der Waals surface area contributed by atoms with E-state index in [0.717, 1.165) is 12.8 Å². The third kappa shape index (κ3) is 4.96. The first-order chi connectivity index (χ1) is 10.2. The number of nitrogens with one attached hydrogen (secondary N) is 1. The van der Waals surface area contributed by atoms with Crippen LogP contribution in [-0.2, 0) is 6.42 Å². The number of halogens is 1. The molecule has 3 heteroatoms. The van der Waals surface area contributed by atoms with Crippen molar-refractivity contribution in [1.82, 2.24) is 5.32 Å². The molecule has 2 rings (SSSR count). The van der Waals surface area contributed by atoms with Gasteiger partial charge in [0.15, 0.2) is 0 Å². The van der Waals surface area contributed by atoms with Crippen LogP contribution in [-0.4, -0.2) is 17.7 Å². The molecular formula is C18H22FNO. The maximum Gasteiger partial charge on any atom is 0.129 e. The zero-order valence-electron chi connectivity index (χ0n) is 12.3. The van der Waals surface area contributed by atoms with Crippen molar-refractivity contribution in [3.05, 3.63) is 71.5 Å². The van der Waals surface area contributed by atoms with Crippen molar-refractivity contribution < 1.29 is 9.50 Å². The summed E-state index contributed by atoms with van der Waals surface area (Å²) in [7, 11) is 0.